The smallest absolute Gasteiger partial charge is 0.460 e. The second-order valence-electron chi connectivity index (χ2n) is 22.5. The summed E-state index contributed by atoms with van der Waals surface area (Å²) >= 11 is 0. The molecule has 1 aromatic rings. The third kappa shape index (κ3) is 20.2. The normalized spacial score (nSPS) is 33.6. The summed E-state index contributed by atoms with van der Waals surface area (Å²) in [6.45, 7) is 13.0. The average molecular weight is 1170 g/mol. The number of Topliss-reactive ketones (excluding diaryl/α,β-unsaturated/α-hetero) is 3. The maximum absolute atomic E-state index is 14.6. The maximum Gasteiger partial charge on any atom is 0.508 e. The molecule has 5 rings (SSSR count). The molecule has 3 fully saturated rings. The zero-order valence-electron chi connectivity index (χ0n) is 49.2. The molecule has 2 N–H and O–H groups in total. The molecule has 452 valence electrons. The summed E-state index contributed by atoms with van der Waals surface area (Å²) in [6, 6.07) is 4.48. The van der Waals surface area contributed by atoms with Gasteiger partial charge in [-0.25, -0.2) is 14.6 Å². The molecule has 0 radical (unpaired) electrons. The largest absolute Gasteiger partial charge is 0.508 e. The predicted molar refractivity (Wildman–Crippen MR) is 309 cm³/mol. The number of amides is 1. The average Bonchev–Trinajstić information content (AvgIpc) is 3.56. The highest BCUT2D eigenvalue weighted by atomic mass is 33.1. The van der Waals surface area contributed by atoms with E-state index in [1.807, 2.05) is 76.3 Å². The van der Waals surface area contributed by atoms with Gasteiger partial charge in [-0.3, -0.25) is 19.2 Å². The third-order valence-corrected chi connectivity index (χ3v) is 18.5. The number of ketones is 3. The Labute approximate surface area is 487 Å². The van der Waals surface area contributed by atoms with Gasteiger partial charge in [0.05, 0.1) is 31.0 Å². The van der Waals surface area contributed by atoms with Crippen molar-refractivity contribution in [3.05, 3.63) is 72.0 Å². The number of nitrogens with zero attached hydrogens (tertiary/aromatic N) is 2. The number of methoxy groups -OCH3 is 3. The van der Waals surface area contributed by atoms with Crippen LogP contribution >= 0.6 is 21.6 Å². The van der Waals surface area contributed by atoms with E-state index in [0.717, 1.165) is 17.0 Å². The van der Waals surface area contributed by atoms with Gasteiger partial charge in [0.25, 0.3) is 11.7 Å². The molecule has 1 aromatic heterocycles. The van der Waals surface area contributed by atoms with E-state index in [1.165, 1.54) is 33.6 Å². The summed E-state index contributed by atoms with van der Waals surface area (Å²) in [7, 11) is 7.57. The highest BCUT2D eigenvalue weighted by Crippen LogP contribution is 2.38. The number of hydrogen-bond acceptors (Lipinski definition) is 19. The van der Waals surface area contributed by atoms with Crippen LogP contribution in [0.5, 0.6) is 0 Å². The Bertz CT molecular complexity index is 2330. The highest BCUT2D eigenvalue weighted by Gasteiger charge is 2.53. The van der Waals surface area contributed by atoms with E-state index in [4.69, 9.17) is 37.9 Å². The van der Waals surface area contributed by atoms with Crippen molar-refractivity contribution in [1.29, 1.82) is 0 Å². The number of allylic oxidation sites excluding steroid dienone is 6. The number of hydrogen-bond donors (Lipinski definition) is 2. The Morgan fingerprint density at radius 3 is 2.35 bits per heavy atom. The number of piperidine rings is 1. The maximum atomic E-state index is 14.6. The van der Waals surface area contributed by atoms with E-state index >= 15 is 0 Å². The van der Waals surface area contributed by atoms with Crippen LogP contribution in [0.3, 0.4) is 0 Å². The summed E-state index contributed by atoms with van der Waals surface area (Å²) in [4.78, 5) is 89.3. The van der Waals surface area contributed by atoms with Crippen LogP contribution in [-0.2, 0) is 61.9 Å². The van der Waals surface area contributed by atoms with Crippen LogP contribution < -0.4 is 0 Å². The summed E-state index contributed by atoms with van der Waals surface area (Å²) in [6.07, 6.45) is 12.2. The van der Waals surface area contributed by atoms with Crippen molar-refractivity contribution < 1.29 is 76.9 Å². The van der Waals surface area contributed by atoms with Gasteiger partial charge in [0.1, 0.15) is 48.4 Å². The predicted octanol–water partition coefficient (Wildman–Crippen LogP) is 9.19. The Kier molecular flexibility index (Phi) is 28.3. The van der Waals surface area contributed by atoms with E-state index in [9.17, 15) is 39.0 Å². The van der Waals surface area contributed by atoms with Crippen LogP contribution in [0, 0.1) is 35.5 Å². The number of aliphatic hydroxyl groups is 2. The molecule has 15 atom stereocenters. The van der Waals surface area contributed by atoms with Crippen molar-refractivity contribution in [1.82, 2.24) is 9.88 Å². The Balaban J connectivity index is 1.33. The molecule has 0 unspecified atom stereocenters. The number of ether oxygens (including phenoxy) is 8. The summed E-state index contributed by atoms with van der Waals surface area (Å²) in [5.41, 5.74) is 1.24. The van der Waals surface area contributed by atoms with Gasteiger partial charge in [0.15, 0.2) is 5.78 Å². The van der Waals surface area contributed by atoms with Gasteiger partial charge in [-0.15, -0.1) is 0 Å². The van der Waals surface area contributed by atoms with E-state index in [1.54, 1.807) is 47.3 Å². The molecule has 1 amide bonds. The van der Waals surface area contributed by atoms with Crippen molar-refractivity contribution in [2.24, 2.45) is 35.5 Å². The van der Waals surface area contributed by atoms with Crippen LogP contribution in [0.2, 0.25) is 0 Å². The van der Waals surface area contributed by atoms with Gasteiger partial charge >= 0.3 is 12.1 Å². The fourth-order valence-corrected chi connectivity index (χ4v) is 13.0. The molecule has 18 nitrogen and oxygen atoms in total. The first kappa shape index (κ1) is 67.5. The minimum atomic E-state index is -2.46. The first-order chi connectivity index (χ1) is 38.7. The van der Waals surface area contributed by atoms with Gasteiger partial charge in [-0.2, -0.15) is 0 Å². The standard InChI is InChI=1S/C61H90N2O16S2/c1-38-18-12-11-13-19-39(2)50(72-8)36-46-24-22-44(7)61(71,79-46)57(67)58(68)63-27-17-15-20-47(63)59(69)78-51(37-48(64)40(3)33-43(6)55(66)56(74-10)54(65)42(5)32-38)41(4)34-45-23-25-49(52(35-45)73-9)75-28-29-76-60(70)77-30-31-80-81-53-21-14-16-26-62-53/h11-14,16,18-19,21,26,33,38,40-42,44-47,49-52,55-56,66,71H,15,17,20,22-25,27-32,34-37H2,1-10H3/b13-11?,18-12+,39-19?,43-33+/t38-,40-,41-,42-,44-,45+,46+,47+,49-,50+,51+,52-,55-,56+,61-/m1/s1. The fraction of sp³-hybridized carbons (Fsp3) is 0.689. The zero-order valence-corrected chi connectivity index (χ0v) is 50.8. The number of carbonyl (C=O) groups excluding carboxylic acids is 6. The molecule has 0 aromatic carbocycles. The minimum Gasteiger partial charge on any atom is -0.460 e. The lowest BCUT2D eigenvalue weighted by atomic mass is 9.78. The van der Waals surface area contributed by atoms with Crippen LogP contribution in [0.25, 0.3) is 0 Å². The zero-order chi connectivity index (χ0) is 59.2. The molecule has 4 aliphatic rings. The molecule has 81 heavy (non-hydrogen) atoms. The second kappa shape index (κ2) is 33.9. The van der Waals surface area contributed by atoms with Crippen LogP contribution in [0.1, 0.15) is 126 Å². The fourth-order valence-electron chi connectivity index (χ4n) is 11.3. The van der Waals surface area contributed by atoms with E-state index in [0.29, 0.717) is 69.1 Å². The topological polar surface area (TPSA) is 233 Å². The summed E-state index contributed by atoms with van der Waals surface area (Å²) in [5.74, 6) is -7.73. The molecule has 3 aliphatic heterocycles. The van der Waals surface area contributed by atoms with Gasteiger partial charge < -0.3 is 53.0 Å². The molecule has 20 heteroatoms. The number of esters is 1. The van der Waals surface area contributed by atoms with E-state index in [-0.39, 0.29) is 80.7 Å². The Morgan fingerprint density at radius 2 is 1.63 bits per heavy atom. The van der Waals surface area contributed by atoms with Gasteiger partial charge in [0.2, 0.25) is 5.79 Å². The highest BCUT2D eigenvalue weighted by molar-refractivity contribution is 8.76. The van der Waals surface area contributed by atoms with Crippen LogP contribution in [0.15, 0.2) is 77.0 Å². The third-order valence-electron chi connectivity index (χ3n) is 16.3. The van der Waals surface area contributed by atoms with Crippen molar-refractivity contribution in [3.63, 3.8) is 0 Å². The minimum absolute atomic E-state index is 0.000129. The first-order valence-corrected chi connectivity index (χ1v) is 31.1. The van der Waals surface area contributed by atoms with Gasteiger partial charge in [-0.05, 0) is 130 Å². The molecule has 1 saturated carbocycles. The quantitative estimate of drug-likeness (QED) is 0.0548. The molecular formula is C61H90N2O16S2. The lowest BCUT2D eigenvalue weighted by Gasteiger charge is -2.42. The lowest BCUT2D eigenvalue weighted by molar-refractivity contribution is -0.265. The Morgan fingerprint density at radius 1 is 0.864 bits per heavy atom. The summed E-state index contributed by atoms with van der Waals surface area (Å²) in [5, 5.41) is 24.5. The molecular weight excluding hydrogens is 1080 g/mol. The van der Waals surface area contributed by atoms with Crippen molar-refractivity contribution >= 4 is 57.0 Å². The number of pyridine rings is 1. The molecule has 2 bridgehead atoms. The first-order valence-electron chi connectivity index (χ1n) is 28.8. The number of aromatic nitrogens is 1. The number of cyclic esters (lactones) is 1. The molecule has 2 saturated heterocycles. The van der Waals surface area contributed by atoms with Crippen LogP contribution in [-0.4, -0.2) is 163 Å². The monoisotopic (exact) mass is 1170 g/mol. The number of carbonyl (C=O) groups is 6. The Hall–Kier alpha value is -4.25. The SMILES string of the molecule is CO[C@H]1C[C@@H]2CC[C@@H](C)[C@@](O)(O2)C(=O)C(=O)N2CCCC[C@H]2C(=O)O[C@H]([C@H](C)C[C@@H]2CC[C@@H](OCCOC(=O)OCCSSc3ccccn3)[C@H](OC)C2)CC(=O)[C@H](C)/C=C(\C)[C@@H](O)[C@@H](OC)C(=O)[C@H](C)C[C@H](C)/C=C/C=CC=C1C. The van der Waals surface area contributed by atoms with Crippen molar-refractivity contribution in [2.45, 2.75) is 185 Å². The molecule has 4 heterocycles. The lowest BCUT2D eigenvalue weighted by Crippen LogP contribution is -2.61. The van der Waals surface area contributed by atoms with Gasteiger partial charge in [0, 0.05) is 70.4 Å². The molecule has 0 spiro atoms. The number of aliphatic hydroxyl groups excluding tert-OH is 1. The van der Waals surface area contributed by atoms with Crippen molar-refractivity contribution in [3.8, 4) is 0 Å². The van der Waals surface area contributed by atoms with E-state index < -0.39 is 83.9 Å². The van der Waals surface area contributed by atoms with Crippen LogP contribution in [0.4, 0.5) is 4.79 Å². The van der Waals surface area contributed by atoms with E-state index in [2.05, 4.69) is 4.98 Å². The number of rotatable bonds is 15. The van der Waals surface area contributed by atoms with Gasteiger partial charge in [-0.1, -0.05) is 87.9 Å². The number of fused-ring (bicyclic) bond motifs is 3. The summed E-state index contributed by atoms with van der Waals surface area (Å²) < 4.78 is 46.6. The second-order valence-corrected chi connectivity index (χ2v) is 24.9. The molecule has 1 aliphatic carbocycles. The van der Waals surface area contributed by atoms with Crippen molar-refractivity contribution in [2.75, 3.05) is 53.4 Å².